The highest BCUT2D eigenvalue weighted by atomic mass is 16.6. The lowest BCUT2D eigenvalue weighted by molar-refractivity contribution is -0.155. The van der Waals surface area contributed by atoms with Crippen molar-refractivity contribution in [2.24, 2.45) is 22.7 Å². The molecule has 40 heavy (non-hydrogen) atoms. The first-order chi connectivity index (χ1) is 18.6. The van der Waals surface area contributed by atoms with Crippen LogP contribution in [-0.4, -0.2) is 111 Å². The van der Waals surface area contributed by atoms with Gasteiger partial charge in [0.15, 0.2) is 0 Å². The summed E-state index contributed by atoms with van der Waals surface area (Å²) in [5, 5.41) is 6.47. The van der Waals surface area contributed by atoms with Crippen LogP contribution in [0.2, 0.25) is 0 Å². The third kappa shape index (κ3) is 6.99. The van der Waals surface area contributed by atoms with Gasteiger partial charge in [-0.1, -0.05) is 0 Å². The van der Waals surface area contributed by atoms with Crippen molar-refractivity contribution in [3.63, 3.8) is 0 Å². The van der Waals surface area contributed by atoms with Crippen molar-refractivity contribution >= 4 is 24.1 Å². The number of ether oxygens (including phenoxy) is 4. The fourth-order valence-corrected chi connectivity index (χ4v) is 5.90. The van der Waals surface area contributed by atoms with Gasteiger partial charge < -0.3 is 39.4 Å². The first-order valence-electron chi connectivity index (χ1n) is 14.3. The summed E-state index contributed by atoms with van der Waals surface area (Å²) >= 11 is 0. The highest BCUT2D eigenvalue weighted by molar-refractivity contribution is 5.82. The molecule has 2 N–H and O–H groups in total. The Hall–Kier alpha value is -2.60. The lowest BCUT2D eigenvalue weighted by atomic mass is 9.81. The largest absolute Gasteiger partial charge is 0.465 e. The molecule has 4 aliphatic rings. The van der Waals surface area contributed by atoms with Crippen molar-refractivity contribution in [2.75, 3.05) is 65.6 Å². The molecule has 0 saturated carbocycles. The molecular formula is C28H48N4O8. The normalized spacial score (nSPS) is 29.2. The minimum absolute atomic E-state index is 0.106. The Kier molecular flexibility index (Phi) is 9.66. The summed E-state index contributed by atoms with van der Waals surface area (Å²) in [4.78, 5) is 52.1. The van der Waals surface area contributed by atoms with Crippen molar-refractivity contribution in [3.05, 3.63) is 0 Å². The molecule has 228 valence electrons. The van der Waals surface area contributed by atoms with E-state index in [0.717, 1.165) is 13.1 Å². The van der Waals surface area contributed by atoms with Gasteiger partial charge in [-0.05, 0) is 55.4 Å². The van der Waals surface area contributed by atoms with Gasteiger partial charge in [-0.3, -0.25) is 9.59 Å². The zero-order chi connectivity index (χ0) is 29.9. The number of carbonyl (C=O) groups is 4. The number of amides is 2. The summed E-state index contributed by atoms with van der Waals surface area (Å²) in [7, 11) is 0. The van der Waals surface area contributed by atoms with Crippen LogP contribution in [0.4, 0.5) is 9.59 Å². The maximum Gasteiger partial charge on any atom is 0.410 e. The van der Waals surface area contributed by atoms with Crippen LogP contribution < -0.4 is 10.6 Å². The molecule has 12 nitrogen and oxygen atoms in total. The van der Waals surface area contributed by atoms with E-state index in [9.17, 15) is 19.2 Å². The Morgan fingerprint density at radius 3 is 1.35 bits per heavy atom. The fourth-order valence-electron chi connectivity index (χ4n) is 5.90. The SMILES string of the molecule is CCOC(=O)[C@@]12CNC[C@@H]1CN(C(=O)OC(C)(C)C)C2.CCOC(=O)[C@]12CNC[C@H]1CN(C(=O)OC(C)(C)C)C2. The van der Waals surface area contributed by atoms with Gasteiger partial charge in [-0.25, -0.2) is 9.59 Å². The van der Waals surface area contributed by atoms with E-state index in [-0.39, 0.29) is 36.0 Å². The first kappa shape index (κ1) is 31.9. The highest BCUT2D eigenvalue weighted by Gasteiger charge is 2.58. The smallest absolute Gasteiger partial charge is 0.410 e. The quantitative estimate of drug-likeness (QED) is 0.383. The van der Waals surface area contributed by atoms with Crippen LogP contribution in [0.3, 0.4) is 0 Å². The van der Waals surface area contributed by atoms with Crippen molar-refractivity contribution in [2.45, 2.75) is 66.6 Å². The number of rotatable bonds is 4. The third-order valence-electron chi connectivity index (χ3n) is 7.72. The van der Waals surface area contributed by atoms with Crippen LogP contribution in [0.5, 0.6) is 0 Å². The summed E-state index contributed by atoms with van der Waals surface area (Å²) in [6.45, 7) is 19.8. The lowest BCUT2D eigenvalue weighted by Crippen LogP contribution is -2.43. The molecule has 0 aliphatic carbocycles. The molecule has 4 heterocycles. The third-order valence-corrected chi connectivity index (χ3v) is 7.72. The highest BCUT2D eigenvalue weighted by Crippen LogP contribution is 2.41. The monoisotopic (exact) mass is 568 g/mol. The van der Waals surface area contributed by atoms with Gasteiger partial charge in [0, 0.05) is 64.2 Å². The minimum Gasteiger partial charge on any atom is -0.465 e. The van der Waals surface area contributed by atoms with Gasteiger partial charge in [-0.2, -0.15) is 0 Å². The second kappa shape index (κ2) is 12.1. The molecule has 0 aromatic heterocycles. The summed E-state index contributed by atoms with van der Waals surface area (Å²) in [5.74, 6) is -0.203. The molecule has 2 amide bonds. The molecule has 0 radical (unpaired) electrons. The van der Waals surface area contributed by atoms with Crippen LogP contribution in [0.1, 0.15) is 55.4 Å². The molecule has 4 atom stereocenters. The van der Waals surface area contributed by atoms with Gasteiger partial charge in [0.1, 0.15) is 22.0 Å². The van der Waals surface area contributed by atoms with Crippen molar-refractivity contribution in [1.82, 2.24) is 20.4 Å². The van der Waals surface area contributed by atoms with Crippen LogP contribution in [0.15, 0.2) is 0 Å². The summed E-state index contributed by atoms with van der Waals surface area (Å²) < 4.78 is 21.2. The van der Waals surface area contributed by atoms with Gasteiger partial charge >= 0.3 is 24.1 Å². The van der Waals surface area contributed by atoms with Gasteiger partial charge in [0.25, 0.3) is 0 Å². The molecule has 4 fully saturated rings. The molecule has 0 unspecified atom stereocenters. The Labute approximate surface area is 237 Å². The number of nitrogens with one attached hydrogen (secondary N) is 2. The molecule has 4 rings (SSSR count). The molecule has 0 aromatic rings. The molecular weight excluding hydrogens is 520 g/mol. The molecule has 4 saturated heterocycles. The van der Waals surface area contributed by atoms with Crippen LogP contribution in [-0.2, 0) is 28.5 Å². The van der Waals surface area contributed by atoms with E-state index >= 15 is 0 Å². The number of nitrogens with zero attached hydrogens (tertiary/aromatic N) is 2. The maximum absolute atomic E-state index is 12.3. The van der Waals surface area contributed by atoms with Crippen LogP contribution >= 0.6 is 0 Å². The van der Waals surface area contributed by atoms with Crippen LogP contribution in [0, 0.1) is 22.7 Å². The van der Waals surface area contributed by atoms with Gasteiger partial charge in [-0.15, -0.1) is 0 Å². The Morgan fingerprint density at radius 1 is 0.700 bits per heavy atom. The van der Waals surface area contributed by atoms with E-state index in [1.54, 1.807) is 23.6 Å². The standard InChI is InChI=1S/2C14H24N2O4/c2*1-5-19-11(17)14-8-15-6-10(14)7-16(9-14)12(18)20-13(2,3)4/h2*10,15H,5-9H2,1-4H3/t2*10-,14-/m10/s1. The number of fused-ring (bicyclic) bond motifs is 2. The fraction of sp³-hybridized carbons (Fsp3) is 0.857. The predicted molar refractivity (Wildman–Crippen MR) is 146 cm³/mol. The molecule has 4 aliphatic heterocycles. The predicted octanol–water partition coefficient (Wildman–Crippen LogP) is 2.01. The molecule has 0 aromatic carbocycles. The van der Waals surface area contributed by atoms with Gasteiger partial charge in [0.2, 0.25) is 0 Å². The average molecular weight is 569 g/mol. The Morgan fingerprint density at radius 2 is 1.05 bits per heavy atom. The van der Waals surface area contributed by atoms with Gasteiger partial charge in [0.05, 0.1) is 13.2 Å². The molecule has 0 bridgehead atoms. The van der Waals surface area contributed by atoms with E-state index in [0.29, 0.717) is 52.5 Å². The second-order valence-electron chi connectivity index (χ2n) is 13.1. The summed E-state index contributed by atoms with van der Waals surface area (Å²) in [5.41, 5.74) is -2.26. The molecule has 12 heteroatoms. The molecule has 0 spiro atoms. The zero-order valence-corrected chi connectivity index (χ0v) is 25.4. The van der Waals surface area contributed by atoms with E-state index in [1.165, 1.54) is 0 Å². The number of hydrogen-bond acceptors (Lipinski definition) is 10. The number of likely N-dealkylation sites (tertiary alicyclic amines) is 2. The first-order valence-corrected chi connectivity index (χ1v) is 14.3. The maximum atomic E-state index is 12.3. The number of esters is 2. The Balaban J connectivity index is 0.000000220. The number of hydrogen-bond donors (Lipinski definition) is 2. The van der Waals surface area contributed by atoms with Crippen molar-refractivity contribution < 1.29 is 38.1 Å². The summed E-state index contributed by atoms with van der Waals surface area (Å²) in [6, 6.07) is 0. The van der Waals surface area contributed by atoms with Crippen LogP contribution in [0.25, 0.3) is 0 Å². The zero-order valence-electron chi connectivity index (χ0n) is 25.4. The topological polar surface area (TPSA) is 136 Å². The van der Waals surface area contributed by atoms with Crippen molar-refractivity contribution in [3.8, 4) is 0 Å². The van der Waals surface area contributed by atoms with E-state index in [2.05, 4.69) is 10.6 Å². The lowest BCUT2D eigenvalue weighted by Gasteiger charge is -2.27. The minimum atomic E-state index is -0.604. The van der Waals surface area contributed by atoms with E-state index in [1.807, 2.05) is 41.5 Å². The van der Waals surface area contributed by atoms with E-state index in [4.69, 9.17) is 18.9 Å². The number of carbonyl (C=O) groups excluding carboxylic acids is 4. The second-order valence-corrected chi connectivity index (χ2v) is 13.1. The van der Waals surface area contributed by atoms with Crippen molar-refractivity contribution in [1.29, 1.82) is 0 Å². The van der Waals surface area contributed by atoms with E-state index < -0.39 is 22.0 Å². The average Bonchev–Trinajstić information content (AvgIpc) is 3.56. The Bertz CT molecular complexity index is 885. The summed E-state index contributed by atoms with van der Waals surface area (Å²) in [6.07, 6.45) is -0.703.